The lowest BCUT2D eigenvalue weighted by Gasteiger charge is -2.24. The molecule has 0 bridgehead atoms. The van der Waals surface area contributed by atoms with Crippen LogP contribution < -0.4 is 5.43 Å². The smallest absolute Gasteiger partial charge is 0.317 e. The van der Waals surface area contributed by atoms with Crippen LogP contribution in [0.4, 0.5) is 0 Å². The van der Waals surface area contributed by atoms with Crippen molar-refractivity contribution >= 4 is 33.9 Å². The largest absolute Gasteiger partial charge is 0.480 e. The van der Waals surface area contributed by atoms with Gasteiger partial charge in [0.2, 0.25) is 5.43 Å². The van der Waals surface area contributed by atoms with E-state index in [9.17, 15) is 19.5 Å². The van der Waals surface area contributed by atoms with Crippen LogP contribution in [0.25, 0.3) is 21.9 Å². The van der Waals surface area contributed by atoms with E-state index in [2.05, 4.69) is 0 Å². The summed E-state index contributed by atoms with van der Waals surface area (Å²) in [5.74, 6) is -1.72. The van der Waals surface area contributed by atoms with E-state index in [0.29, 0.717) is 22.1 Å². The van der Waals surface area contributed by atoms with E-state index < -0.39 is 17.4 Å². The van der Waals surface area contributed by atoms with Crippen LogP contribution in [0.3, 0.4) is 0 Å². The van der Waals surface area contributed by atoms with Gasteiger partial charge >= 0.3 is 11.9 Å². The van der Waals surface area contributed by atoms with E-state index in [1.54, 1.807) is 36.4 Å². The van der Waals surface area contributed by atoms with E-state index in [4.69, 9.17) is 9.15 Å². The monoisotopic (exact) mass is 340 g/mol. The molecule has 3 rings (SSSR count). The van der Waals surface area contributed by atoms with Crippen molar-refractivity contribution in [1.82, 2.24) is 0 Å². The minimum atomic E-state index is -1.47. The maximum absolute atomic E-state index is 12.7. The van der Waals surface area contributed by atoms with Gasteiger partial charge < -0.3 is 14.3 Å². The molecular weight excluding hydrogens is 324 g/mol. The van der Waals surface area contributed by atoms with E-state index in [1.165, 1.54) is 19.9 Å². The third-order valence-corrected chi connectivity index (χ3v) is 4.25. The summed E-state index contributed by atoms with van der Waals surface area (Å²) in [4.78, 5) is 35.6. The first-order chi connectivity index (χ1) is 11.8. The summed E-state index contributed by atoms with van der Waals surface area (Å²) in [5.41, 5.74) is -0.519. The van der Waals surface area contributed by atoms with Crippen molar-refractivity contribution in [3.8, 4) is 0 Å². The Hall–Kier alpha value is -3.15. The average molecular weight is 340 g/mol. The summed E-state index contributed by atoms with van der Waals surface area (Å²) >= 11 is 0. The number of carboxylic acid groups (broad SMARTS) is 1. The van der Waals surface area contributed by atoms with Crippen molar-refractivity contribution < 1.29 is 23.8 Å². The van der Waals surface area contributed by atoms with Gasteiger partial charge in [0.1, 0.15) is 23.2 Å². The van der Waals surface area contributed by atoms with Crippen molar-refractivity contribution in [3.05, 3.63) is 58.3 Å². The highest BCUT2D eigenvalue weighted by Gasteiger charge is 2.37. The molecule has 1 heterocycles. The molecule has 25 heavy (non-hydrogen) atoms. The lowest BCUT2D eigenvalue weighted by atomic mass is 9.82. The predicted octanol–water partition coefficient (Wildman–Crippen LogP) is 2.85. The van der Waals surface area contributed by atoms with Crippen LogP contribution in [-0.2, 0) is 19.7 Å². The molecule has 1 N–H and O–H groups in total. The fourth-order valence-electron chi connectivity index (χ4n) is 2.66. The van der Waals surface area contributed by atoms with Crippen LogP contribution >= 0.6 is 0 Å². The van der Waals surface area contributed by atoms with Crippen molar-refractivity contribution in [2.45, 2.75) is 19.3 Å². The van der Waals surface area contributed by atoms with Crippen LogP contribution in [0.1, 0.15) is 19.4 Å². The number of esters is 1. The predicted molar refractivity (Wildman–Crippen MR) is 91.6 cm³/mol. The minimum absolute atomic E-state index is 0.237. The second kappa shape index (κ2) is 6.05. The Kier molecular flexibility index (Phi) is 4.04. The van der Waals surface area contributed by atoms with Crippen LogP contribution in [0.5, 0.6) is 0 Å². The third-order valence-electron chi connectivity index (χ3n) is 4.25. The lowest BCUT2D eigenvalue weighted by molar-refractivity contribution is -0.151. The topological polar surface area (TPSA) is 93.8 Å². The molecule has 0 aliphatic rings. The second-order valence-corrected chi connectivity index (χ2v) is 6.06. The van der Waals surface area contributed by atoms with Crippen molar-refractivity contribution in [2.75, 3.05) is 6.61 Å². The summed E-state index contributed by atoms with van der Waals surface area (Å²) in [7, 11) is 0. The van der Waals surface area contributed by atoms with Crippen LogP contribution in [0.2, 0.25) is 0 Å². The number of rotatable bonds is 4. The molecule has 0 saturated carbocycles. The van der Waals surface area contributed by atoms with Gasteiger partial charge in [0.05, 0.1) is 10.8 Å². The number of hydrogen-bond acceptors (Lipinski definition) is 5. The van der Waals surface area contributed by atoms with Crippen molar-refractivity contribution in [1.29, 1.82) is 0 Å². The zero-order valence-corrected chi connectivity index (χ0v) is 13.7. The van der Waals surface area contributed by atoms with Crippen molar-refractivity contribution in [3.63, 3.8) is 0 Å². The number of carbonyl (C=O) groups excluding carboxylic acids is 1. The normalized spacial score (nSPS) is 13.5. The van der Waals surface area contributed by atoms with Gasteiger partial charge in [-0.3, -0.25) is 14.4 Å². The number of aliphatic carboxylic acids is 1. The van der Waals surface area contributed by atoms with Crippen LogP contribution in [0, 0.1) is 0 Å². The molecule has 1 unspecified atom stereocenters. The molecule has 1 aromatic heterocycles. The minimum Gasteiger partial charge on any atom is -0.480 e. The number of hydrogen-bond donors (Lipinski definition) is 1. The molecule has 0 fully saturated rings. The number of benzene rings is 2. The molecule has 0 saturated heterocycles. The van der Waals surface area contributed by atoms with Crippen LogP contribution in [-0.4, -0.2) is 23.7 Å². The summed E-state index contributed by atoms with van der Waals surface area (Å²) in [6.07, 6.45) is 0. The number of ether oxygens (including phenoxy) is 1. The van der Waals surface area contributed by atoms with Crippen molar-refractivity contribution in [2.24, 2.45) is 0 Å². The average Bonchev–Trinajstić information content (AvgIpc) is 2.59. The molecule has 128 valence electrons. The molecule has 0 aliphatic heterocycles. The quantitative estimate of drug-likeness (QED) is 0.580. The number of carboxylic acids is 1. The third kappa shape index (κ3) is 2.87. The summed E-state index contributed by atoms with van der Waals surface area (Å²) in [5, 5.41) is 10.3. The Labute approximate surface area is 142 Å². The Balaban J connectivity index is 2.21. The first-order valence-corrected chi connectivity index (χ1v) is 7.66. The molecule has 0 amide bonds. The van der Waals surface area contributed by atoms with E-state index in [1.807, 2.05) is 0 Å². The van der Waals surface area contributed by atoms with Gasteiger partial charge in [0.25, 0.3) is 0 Å². The Morgan fingerprint density at radius 1 is 1.12 bits per heavy atom. The lowest BCUT2D eigenvalue weighted by Crippen LogP contribution is -2.38. The van der Waals surface area contributed by atoms with Gasteiger partial charge in [-0.1, -0.05) is 18.2 Å². The zero-order chi connectivity index (χ0) is 18.2. The molecule has 0 radical (unpaired) electrons. The van der Waals surface area contributed by atoms with Gasteiger partial charge in [0, 0.05) is 6.92 Å². The first-order valence-electron chi connectivity index (χ1n) is 7.66. The second-order valence-electron chi connectivity index (χ2n) is 6.06. The fourth-order valence-corrected chi connectivity index (χ4v) is 2.66. The van der Waals surface area contributed by atoms with Gasteiger partial charge in [-0.25, -0.2) is 0 Å². The Bertz CT molecular complexity index is 1050. The molecule has 6 heteroatoms. The molecular formula is C19H16O6. The van der Waals surface area contributed by atoms with E-state index in [-0.39, 0.29) is 17.4 Å². The van der Waals surface area contributed by atoms with Gasteiger partial charge in [-0.15, -0.1) is 0 Å². The summed E-state index contributed by atoms with van der Waals surface area (Å²) in [6.45, 7) is 2.33. The first kappa shape index (κ1) is 16.7. The number of para-hydroxylation sites is 1. The molecule has 2 aromatic carbocycles. The van der Waals surface area contributed by atoms with Gasteiger partial charge in [0.15, 0.2) is 0 Å². The SMILES string of the molecule is CC(=O)OCC(C)(C(=O)O)c1ccc2oc3ccccc3c(=O)c2c1. The highest BCUT2D eigenvalue weighted by atomic mass is 16.5. The molecule has 3 aromatic rings. The molecule has 6 nitrogen and oxygen atoms in total. The summed E-state index contributed by atoms with van der Waals surface area (Å²) < 4.78 is 10.6. The maximum Gasteiger partial charge on any atom is 0.317 e. The molecule has 1 atom stereocenters. The highest BCUT2D eigenvalue weighted by Crippen LogP contribution is 2.28. The standard InChI is InChI=1S/C19H16O6/c1-11(20)24-10-19(2,18(22)23)12-7-8-16-14(9-12)17(21)13-5-3-4-6-15(13)25-16/h3-9H,10H2,1-2H3,(H,22,23). The summed E-state index contributed by atoms with van der Waals surface area (Å²) in [6, 6.07) is 11.5. The zero-order valence-electron chi connectivity index (χ0n) is 13.7. The Morgan fingerprint density at radius 3 is 2.48 bits per heavy atom. The van der Waals surface area contributed by atoms with E-state index >= 15 is 0 Å². The number of fused-ring (bicyclic) bond motifs is 2. The highest BCUT2D eigenvalue weighted by molar-refractivity contribution is 5.91. The maximum atomic E-state index is 12.7. The van der Waals surface area contributed by atoms with E-state index in [0.717, 1.165) is 0 Å². The van der Waals surface area contributed by atoms with Gasteiger partial charge in [-0.05, 0) is 36.8 Å². The van der Waals surface area contributed by atoms with Crippen LogP contribution in [0.15, 0.2) is 51.7 Å². The Morgan fingerprint density at radius 2 is 1.80 bits per heavy atom. The molecule has 0 spiro atoms. The number of carbonyl (C=O) groups is 2. The fraction of sp³-hybridized carbons (Fsp3) is 0.211. The molecule has 0 aliphatic carbocycles. The van der Waals surface area contributed by atoms with Gasteiger partial charge in [-0.2, -0.15) is 0 Å².